The molecular formula is C11H12ClN3OS. The Balaban J connectivity index is 2.20. The lowest BCUT2D eigenvalue weighted by molar-refractivity contribution is 0.428. The molecule has 1 unspecified atom stereocenters. The Labute approximate surface area is 109 Å². The zero-order valence-electron chi connectivity index (χ0n) is 9.26. The van der Waals surface area contributed by atoms with Crippen LogP contribution in [0.4, 0.5) is 0 Å². The molecule has 0 spiro atoms. The number of benzene rings is 1. The van der Waals surface area contributed by atoms with Gasteiger partial charge in [-0.05, 0) is 11.6 Å². The Morgan fingerprint density at radius 3 is 2.76 bits per heavy atom. The molecule has 90 valence electrons. The predicted molar refractivity (Wildman–Crippen MR) is 68.1 cm³/mol. The third kappa shape index (κ3) is 3.00. The molecule has 0 amide bonds. The number of hydrogen-bond acceptors (Lipinski definition) is 5. The van der Waals surface area contributed by atoms with Crippen molar-refractivity contribution >= 4 is 23.4 Å². The van der Waals surface area contributed by atoms with Gasteiger partial charge in [-0.2, -0.15) is 0 Å². The Morgan fingerprint density at radius 1 is 1.41 bits per heavy atom. The third-order valence-electron chi connectivity index (χ3n) is 2.22. The normalized spacial score (nSPS) is 12.6. The van der Waals surface area contributed by atoms with Crippen LogP contribution >= 0.6 is 23.4 Å². The van der Waals surface area contributed by atoms with E-state index in [9.17, 15) is 0 Å². The fraction of sp³-hybridized carbons (Fsp3) is 0.273. The van der Waals surface area contributed by atoms with E-state index in [2.05, 4.69) is 10.2 Å². The fourth-order valence-electron chi connectivity index (χ4n) is 1.42. The van der Waals surface area contributed by atoms with Crippen molar-refractivity contribution < 1.29 is 4.42 Å². The molecule has 0 saturated heterocycles. The van der Waals surface area contributed by atoms with Gasteiger partial charge in [0.2, 0.25) is 5.89 Å². The zero-order chi connectivity index (χ0) is 12.3. The molecule has 1 atom stereocenters. The van der Waals surface area contributed by atoms with Gasteiger partial charge in [-0.1, -0.05) is 41.6 Å². The molecule has 2 rings (SSSR count). The van der Waals surface area contributed by atoms with E-state index < -0.39 is 0 Å². The highest BCUT2D eigenvalue weighted by atomic mass is 35.5. The summed E-state index contributed by atoms with van der Waals surface area (Å²) in [6.07, 6.45) is 0. The molecular weight excluding hydrogens is 258 g/mol. The first-order valence-electron chi connectivity index (χ1n) is 5.12. The second kappa shape index (κ2) is 5.53. The summed E-state index contributed by atoms with van der Waals surface area (Å²) >= 11 is 7.56. The maximum absolute atomic E-state index is 6.13. The van der Waals surface area contributed by atoms with Gasteiger partial charge in [0.25, 0.3) is 5.22 Å². The molecule has 1 heterocycles. The summed E-state index contributed by atoms with van der Waals surface area (Å²) in [5, 5.41) is 8.94. The Hall–Kier alpha value is -1.04. The first kappa shape index (κ1) is 12.4. The minimum Gasteiger partial charge on any atom is -0.416 e. The number of nitrogens with two attached hydrogens (primary N) is 1. The van der Waals surface area contributed by atoms with Crippen molar-refractivity contribution in [1.29, 1.82) is 0 Å². The maximum atomic E-state index is 6.13. The van der Waals surface area contributed by atoms with Crippen LogP contribution in [0.1, 0.15) is 16.7 Å². The summed E-state index contributed by atoms with van der Waals surface area (Å²) in [6.45, 7) is 2.21. The largest absolute Gasteiger partial charge is 0.416 e. The standard InChI is InChI=1S/C11H12ClN3OS/c1-7-14-15-11(16-7)17-10(6-13)8-4-2-3-5-9(8)12/h2-5,10H,6,13H2,1H3. The fourth-order valence-corrected chi connectivity index (χ4v) is 2.68. The van der Waals surface area contributed by atoms with Gasteiger partial charge in [0, 0.05) is 18.5 Å². The van der Waals surface area contributed by atoms with Crippen molar-refractivity contribution in [3.05, 3.63) is 40.7 Å². The van der Waals surface area contributed by atoms with Crippen LogP contribution in [0, 0.1) is 6.92 Å². The lowest BCUT2D eigenvalue weighted by Gasteiger charge is -2.13. The molecule has 1 aromatic carbocycles. The lowest BCUT2D eigenvalue weighted by atomic mass is 10.1. The molecule has 0 aliphatic heterocycles. The quantitative estimate of drug-likeness (QED) is 0.865. The average molecular weight is 270 g/mol. The lowest BCUT2D eigenvalue weighted by Crippen LogP contribution is -2.09. The number of hydrogen-bond donors (Lipinski definition) is 1. The summed E-state index contributed by atoms with van der Waals surface area (Å²) in [4.78, 5) is 0. The van der Waals surface area contributed by atoms with Crippen LogP contribution in [-0.4, -0.2) is 16.7 Å². The molecule has 1 aromatic heterocycles. The highest BCUT2D eigenvalue weighted by Gasteiger charge is 2.17. The Bertz CT molecular complexity index is 503. The summed E-state index contributed by atoms with van der Waals surface area (Å²) in [6, 6.07) is 7.62. The van der Waals surface area contributed by atoms with Gasteiger partial charge in [-0.25, -0.2) is 0 Å². The second-order valence-electron chi connectivity index (χ2n) is 3.45. The molecule has 0 aliphatic carbocycles. The predicted octanol–water partition coefficient (Wildman–Crippen LogP) is 2.82. The SMILES string of the molecule is Cc1nnc(SC(CN)c2ccccc2Cl)o1. The maximum Gasteiger partial charge on any atom is 0.277 e. The van der Waals surface area contributed by atoms with Crippen LogP contribution in [0.15, 0.2) is 33.9 Å². The number of thioether (sulfide) groups is 1. The average Bonchev–Trinajstić information content (AvgIpc) is 2.73. The molecule has 4 nitrogen and oxygen atoms in total. The second-order valence-corrected chi connectivity index (χ2v) is 5.01. The van der Waals surface area contributed by atoms with Gasteiger partial charge in [-0.3, -0.25) is 0 Å². The van der Waals surface area contributed by atoms with Gasteiger partial charge < -0.3 is 10.2 Å². The number of nitrogens with zero attached hydrogens (tertiary/aromatic N) is 2. The van der Waals surface area contributed by atoms with E-state index in [-0.39, 0.29) is 5.25 Å². The highest BCUT2D eigenvalue weighted by molar-refractivity contribution is 7.99. The van der Waals surface area contributed by atoms with Gasteiger partial charge in [0.1, 0.15) is 0 Å². The Morgan fingerprint density at radius 2 is 2.18 bits per heavy atom. The molecule has 0 aliphatic rings. The van der Waals surface area contributed by atoms with E-state index in [0.29, 0.717) is 22.7 Å². The third-order valence-corrected chi connectivity index (χ3v) is 3.66. The summed E-state index contributed by atoms with van der Waals surface area (Å²) < 4.78 is 5.32. The zero-order valence-corrected chi connectivity index (χ0v) is 10.8. The van der Waals surface area contributed by atoms with Crippen LogP contribution in [0.5, 0.6) is 0 Å². The van der Waals surface area contributed by atoms with E-state index in [1.165, 1.54) is 11.8 Å². The van der Waals surface area contributed by atoms with E-state index >= 15 is 0 Å². The molecule has 6 heteroatoms. The topological polar surface area (TPSA) is 64.9 Å². The van der Waals surface area contributed by atoms with Crippen molar-refractivity contribution in [1.82, 2.24) is 10.2 Å². The number of aromatic nitrogens is 2. The van der Waals surface area contributed by atoms with Gasteiger partial charge in [0.15, 0.2) is 0 Å². The van der Waals surface area contributed by atoms with E-state index in [0.717, 1.165) is 5.56 Å². The number of aryl methyl sites for hydroxylation is 1. The van der Waals surface area contributed by atoms with Gasteiger partial charge in [-0.15, -0.1) is 10.2 Å². The van der Waals surface area contributed by atoms with Crippen LogP contribution in [-0.2, 0) is 0 Å². The minimum absolute atomic E-state index is 0.0172. The van der Waals surface area contributed by atoms with Gasteiger partial charge >= 0.3 is 0 Å². The minimum atomic E-state index is 0.0172. The Kier molecular flexibility index (Phi) is 4.04. The van der Waals surface area contributed by atoms with Crippen molar-refractivity contribution in [2.75, 3.05) is 6.54 Å². The molecule has 17 heavy (non-hydrogen) atoms. The van der Waals surface area contributed by atoms with E-state index in [1.54, 1.807) is 6.92 Å². The van der Waals surface area contributed by atoms with Crippen LogP contribution in [0.3, 0.4) is 0 Å². The number of rotatable bonds is 4. The molecule has 0 radical (unpaired) electrons. The van der Waals surface area contributed by atoms with Gasteiger partial charge in [0.05, 0.1) is 5.25 Å². The summed E-state index contributed by atoms with van der Waals surface area (Å²) in [5.74, 6) is 0.544. The van der Waals surface area contributed by atoms with Crippen molar-refractivity contribution in [3.63, 3.8) is 0 Å². The van der Waals surface area contributed by atoms with E-state index in [4.69, 9.17) is 21.8 Å². The van der Waals surface area contributed by atoms with Crippen LogP contribution in [0.2, 0.25) is 5.02 Å². The first-order valence-corrected chi connectivity index (χ1v) is 6.37. The molecule has 0 fully saturated rings. The van der Waals surface area contributed by atoms with E-state index in [1.807, 2.05) is 24.3 Å². The van der Waals surface area contributed by atoms with Crippen molar-refractivity contribution in [2.45, 2.75) is 17.4 Å². The van der Waals surface area contributed by atoms with Crippen molar-refractivity contribution in [2.24, 2.45) is 5.73 Å². The first-order chi connectivity index (χ1) is 8.20. The summed E-state index contributed by atoms with van der Waals surface area (Å²) in [7, 11) is 0. The molecule has 0 bridgehead atoms. The van der Waals surface area contributed by atoms with Crippen LogP contribution in [0.25, 0.3) is 0 Å². The van der Waals surface area contributed by atoms with Crippen molar-refractivity contribution in [3.8, 4) is 0 Å². The van der Waals surface area contributed by atoms with Crippen LogP contribution < -0.4 is 5.73 Å². The molecule has 2 aromatic rings. The smallest absolute Gasteiger partial charge is 0.277 e. The number of halogens is 1. The molecule has 2 N–H and O–H groups in total. The molecule has 0 saturated carbocycles. The monoisotopic (exact) mass is 269 g/mol. The summed E-state index contributed by atoms with van der Waals surface area (Å²) in [5.41, 5.74) is 6.74. The highest BCUT2D eigenvalue weighted by Crippen LogP contribution is 2.36.